The van der Waals surface area contributed by atoms with Gasteiger partial charge in [0, 0.05) is 20.3 Å². The number of esters is 1. The van der Waals surface area contributed by atoms with E-state index in [4.69, 9.17) is 4.74 Å². The van der Waals surface area contributed by atoms with E-state index in [-0.39, 0.29) is 11.4 Å². The molecule has 0 unspecified atom stereocenters. The molecule has 0 aromatic carbocycles. The van der Waals surface area contributed by atoms with Gasteiger partial charge in [0.2, 0.25) is 0 Å². The summed E-state index contributed by atoms with van der Waals surface area (Å²) >= 11 is 0. The molecule has 0 fully saturated rings. The minimum atomic E-state index is -0.336. The number of likely N-dealkylation sites (N-methyl/N-ethyl adjacent to an activating group) is 1. The Balaban J connectivity index is 4.13. The van der Waals surface area contributed by atoms with Crippen LogP contribution < -0.4 is 10.6 Å². The topological polar surface area (TPSA) is 50.4 Å². The largest absolute Gasteiger partial charge is 0.460 e. The average Bonchev–Trinajstić information content (AvgIpc) is 2.09. The van der Waals surface area contributed by atoms with Crippen LogP contribution in [0.15, 0.2) is 11.9 Å². The second-order valence-electron chi connectivity index (χ2n) is 4.23. The van der Waals surface area contributed by atoms with Gasteiger partial charge in [-0.15, -0.1) is 0 Å². The van der Waals surface area contributed by atoms with E-state index in [0.29, 0.717) is 12.3 Å². The van der Waals surface area contributed by atoms with Crippen molar-refractivity contribution < 1.29 is 9.53 Å². The molecule has 0 aliphatic carbocycles. The Bertz CT molecular complexity index is 217. The standard InChI is InChI=1S/C10H20N2O2/c1-10(2,3)7-14-9(13)8(12-5)6-11-4/h6,11-12H,7H2,1-5H3. The molecule has 4 heteroatoms. The summed E-state index contributed by atoms with van der Waals surface area (Å²) in [7, 11) is 3.41. The summed E-state index contributed by atoms with van der Waals surface area (Å²) in [4.78, 5) is 11.4. The first-order valence-corrected chi connectivity index (χ1v) is 4.63. The van der Waals surface area contributed by atoms with Crippen LogP contribution in [-0.4, -0.2) is 26.7 Å². The highest BCUT2D eigenvalue weighted by molar-refractivity contribution is 5.87. The predicted molar refractivity (Wildman–Crippen MR) is 56.6 cm³/mol. The second kappa shape index (κ2) is 5.52. The monoisotopic (exact) mass is 200 g/mol. The SMILES string of the molecule is CNC=C(NC)C(=O)OCC(C)(C)C. The number of carbonyl (C=O) groups excluding carboxylic acids is 1. The maximum Gasteiger partial charge on any atom is 0.355 e. The molecule has 0 aliphatic rings. The van der Waals surface area contributed by atoms with E-state index >= 15 is 0 Å². The van der Waals surface area contributed by atoms with Gasteiger partial charge in [-0.3, -0.25) is 0 Å². The second-order valence-corrected chi connectivity index (χ2v) is 4.23. The first kappa shape index (κ1) is 12.8. The van der Waals surface area contributed by atoms with E-state index in [1.54, 1.807) is 20.3 Å². The fraction of sp³-hybridized carbons (Fsp3) is 0.700. The van der Waals surface area contributed by atoms with Gasteiger partial charge in [-0.25, -0.2) is 4.79 Å². The zero-order valence-corrected chi connectivity index (χ0v) is 9.60. The molecular formula is C10H20N2O2. The highest BCUT2D eigenvalue weighted by Gasteiger charge is 2.15. The lowest BCUT2D eigenvalue weighted by Crippen LogP contribution is -2.25. The summed E-state index contributed by atoms with van der Waals surface area (Å²) in [5.74, 6) is -0.336. The van der Waals surface area contributed by atoms with Gasteiger partial charge in [-0.2, -0.15) is 0 Å². The summed E-state index contributed by atoms with van der Waals surface area (Å²) in [6, 6.07) is 0. The maximum atomic E-state index is 11.4. The fourth-order valence-electron chi connectivity index (χ4n) is 0.737. The number of rotatable bonds is 4. The Labute approximate surface area is 85.7 Å². The molecule has 0 radical (unpaired) electrons. The van der Waals surface area contributed by atoms with Crippen LogP contribution in [0.5, 0.6) is 0 Å². The van der Waals surface area contributed by atoms with Crippen molar-refractivity contribution in [2.75, 3.05) is 20.7 Å². The molecule has 2 N–H and O–H groups in total. The predicted octanol–water partition coefficient (Wildman–Crippen LogP) is 0.856. The number of nitrogens with one attached hydrogen (secondary N) is 2. The summed E-state index contributed by atoms with van der Waals surface area (Å²) in [5, 5.41) is 5.53. The molecule has 0 rings (SSSR count). The summed E-state index contributed by atoms with van der Waals surface area (Å²) < 4.78 is 5.10. The smallest absolute Gasteiger partial charge is 0.355 e. The lowest BCUT2D eigenvalue weighted by molar-refractivity contribution is -0.142. The number of ether oxygens (including phenoxy) is 1. The Morgan fingerprint density at radius 1 is 1.36 bits per heavy atom. The van der Waals surface area contributed by atoms with E-state index in [1.165, 1.54) is 0 Å². The molecule has 0 amide bonds. The average molecular weight is 200 g/mol. The molecule has 0 bridgehead atoms. The van der Waals surface area contributed by atoms with E-state index in [0.717, 1.165) is 0 Å². The third-order valence-corrected chi connectivity index (χ3v) is 1.41. The van der Waals surface area contributed by atoms with Gasteiger partial charge in [-0.05, 0) is 5.41 Å². The zero-order valence-electron chi connectivity index (χ0n) is 9.60. The highest BCUT2D eigenvalue weighted by atomic mass is 16.5. The molecule has 0 aliphatic heterocycles. The molecule has 0 aromatic rings. The third-order valence-electron chi connectivity index (χ3n) is 1.41. The molecule has 0 heterocycles. The van der Waals surface area contributed by atoms with Crippen molar-refractivity contribution in [2.24, 2.45) is 5.41 Å². The van der Waals surface area contributed by atoms with Gasteiger partial charge >= 0.3 is 5.97 Å². The Kier molecular flexibility index (Phi) is 5.05. The van der Waals surface area contributed by atoms with Gasteiger partial charge in [0.1, 0.15) is 5.70 Å². The van der Waals surface area contributed by atoms with Gasteiger partial charge in [0.25, 0.3) is 0 Å². The van der Waals surface area contributed by atoms with Crippen LogP contribution in [0, 0.1) is 5.41 Å². The highest BCUT2D eigenvalue weighted by Crippen LogP contribution is 2.13. The normalized spacial score (nSPS) is 12.2. The van der Waals surface area contributed by atoms with Crippen LogP contribution >= 0.6 is 0 Å². The molecule has 0 spiro atoms. The first-order chi connectivity index (χ1) is 6.40. The van der Waals surface area contributed by atoms with Crippen LogP contribution in [0.25, 0.3) is 0 Å². The number of hydrogen-bond donors (Lipinski definition) is 2. The lowest BCUT2D eigenvalue weighted by Gasteiger charge is -2.18. The Hall–Kier alpha value is -1.19. The van der Waals surface area contributed by atoms with Crippen LogP contribution in [0.3, 0.4) is 0 Å². The maximum absolute atomic E-state index is 11.4. The van der Waals surface area contributed by atoms with E-state index in [9.17, 15) is 4.79 Å². The molecule has 0 saturated heterocycles. The Morgan fingerprint density at radius 3 is 2.29 bits per heavy atom. The fourth-order valence-corrected chi connectivity index (χ4v) is 0.737. The van der Waals surface area contributed by atoms with Crippen molar-refractivity contribution in [3.05, 3.63) is 11.9 Å². The van der Waals surface area contributed by atoms with Crippen LogP contribution in [-0.2, 0) is 9.53 Å². The summed E-state index contributed by atoms with van der Waals surface area (Å²) in [6.45, 7) is 6.46. The van der Waals surface area contributed by atoms with Crippen molar-refractivity contribution in [1.82, 2.24) is 10.6 Å². The molecule has 0 saturated carbocycles. The molecule has 82 valence electrons. The van der Waals surface area contributed by atoms with Gasteiger partial charge in [0.15, 0.2) is 0 Å². The molecule has 0 aromatic heterocycles. The van der Waals surface area contributed by atoms with Gasteiger partial charge < -0.3 is 15.4 Å². The summed E-state index contributed by atoms with van der Waals surface area (Å²) in [5.41, 5.74) is 0.422. The van der Waals surface area contributed by atoms with Gasteiger partial charge in [0.05, 0.1) is 6.61 Å². The number of carbonyl (C=O) groups is 1. The molecular weight excluding hydrogens is 180 g/mol. The van der Waals surface area contributed by atoms with Crippen LogP contribution in [0.4, 0.5) is 0 Å². The minimum Gasteiger partial charge on any atom is -0.460 e. The molecule has 14 heavy (non-hydrogen) atoms. The van der Waals surface area contributed by atoms with Crippen LogP contribution in [0.1, 0.15) is 20.8 Å². The minimum absolute atomic E-state index is 0.00580. The van der Waals surface area contributed by atoms with Crippen LogP contribution in [0.2, 0.25) is 0 Å². The molecule has 4 nitrogen and oxygen atoms in total. The van der Waals surface area contributed by atoms with Crippen molar-refractivity contribution in [2.45, 2.75) is 20.8 Å². The quantitative estimate of drug-likeness (QED) is 0.522. The van der Waals surface area contributed by atoms with Crippen molar-refractivity contribution in [1.29, 1.82) is 0 Å². The third kappa shape index (κ3) is 5.45. The zero-order chi connectivity index (χ0) is 11.2. The van der Waals surface area contributed by atoms with Crippen molar-refractivity contribution in [3.8, 4) is 0 Å². The van der Waals surface area contributed by atoms with E-state index in [2.05, 4.69) is 10.6 Å². The van der Waals surface area contributed by atoms with E-state index < -0.39 is 0 Å². The number of hydrogen-bond acceptors (Lipinski definition) is 4. The van der Waals surface area contributed by atoms with Crippen molar-refractivity contribution >= 4 is 5.97 Å². The summed E-state index contributed by atoms with van der Waals surface area (Å²) in [6.07, 6.45) is 1.57. The van der Waals surface area contributed by atoms with Gasteiger partial charge in [-0.1, -0.05) is 20.8 Å². The lowest BCUT2D eigenvalue weighted by atomic mass is 9.99. The Morgan fingerprint density at radius 2 is 1.93 bits per heavy atom. The first-order valence-electron chi connectivity index (χ1n) is 4.63. The molecule has 0 atom stereocenters. The van der Waals surface area contributed by atoms with E-state index in [1.807, 2.05) is 20.8 Å². The van der Waals surface area contributed by atoms with Crippen molar-refractivity contribution in [3.63, 3.8) is 0 Å².